The monoisotopic (exact) mass is 468 g/mol. The molecule has 0 radical (unpaired) electrons. The van der Waals surface area contributed by atoms with E-state index in [1.54, 1.807) is 69.7 Å². The fourth-order valence-electron chi connectivity index (χ4n) is 3.49. The van der Waals surface area contributed by atoms with Crippen LogP contribution in [0.4, 0.5) is 5.69 Å². The highest BCUT2D eigenvalue weighted by Gasteiger charge is 2.21. The number of sulfonamides is 1. The molecule has 0 bridgehead atoms. The van der Waals surface area contributed by atoms with Crippen molar-refractivity contribution in [1.29, 1.82) is 0 Å². The summed E-state index contributed by atoms with van der Waals surface area (Å²) in [7, 11) is -0.766. The van der Waals surface area contributed by atoms with Crippen molar-refractivity contribution < 1.29 is 22.7 Å². The topological polar surface area (TPSA) is 93.7 Å². The number of hydrogen-bond donors (Lipinski definition) is 2. The molecule has 0 saturated carbocycles. The standard InChI is InChI=1S/C25H28N2O5S/c1-16-7-6-8-20(13-16)27-33(29,30)24-14-19(10-9-17(24)2)25(28)26-18(3)22-15-21(31-4)11-12-23(22)32-5/h6-15,18,27H,1-5H3,(H,26,28)/t18-/m1/s1. The number of carbonyl (C=O) groups excluding carboxylic acids is 1. The Bertz CT molecular complexity index is 1270. The van der Waals surface area contributed by atoms with Gasteiger partial charge in [0.2, 0.25) is 0 Å². The van der Waals surface area contributed by atoms with Crippen LogP contribution in [0.25, 0.3) is 0 Å². The van der Waals surface area contributed by atoms with Crippen molar-refractivity contribution in [2.24, 2.45) is 0 Å². The van der Waals surface area contributed by atoms with Crippen LogP contribution in [0, 0.1) is 13.8 Å². The molecule has 0 fully saturated rings. The molecule has 0 saturated heterocycles. The second-order valence-corrected chi connectivity index (χ2v) is 9.41. The number of nitrogens with one attached hydrogen (secondary N) is 2. The van der Waals surface area contributed by atoms with Crippen molar-refractivity contribution in [2.75, 3.05) is 18.9 Å². The second kappa shape index (κ2) is 9.95. The third kappa shape index (κ3) is 5.64. The minimum absolute atomic E-state index is 0.0447. The van der Waals surface area contributed by atoms with Crippen LogP contribution in [0.15, 0.2) is 65.6 Å². The Morgan fingerprint density at radius 2 is 1.70 bits per heavy atom. The maximum atomic E-state index is 13.0. The summed E-state index contributed by atoms with van der Waals surface area (Å²) in [4.78, 5) is 13.0. The molecule has 3 aromatic rings. The smallest absolute Gasteiger partial charge is 0.262 e. The summed E-state index contributed by atoms with van der Waals surface area (Å²) in [5.41, 5.74) is 2.91. The van der Waals surface area contributed by atoms with Gasteiger partial charge in [-0.05, 0) is 74.4 Å². The zero-order valence-electron chi connectivity index (χ0n) is 19.3. The van der Waals surface area contributed by atoms with Crippen LogP contribution in [0.2, 0.25) is 0 Å². The normalized spacial score (nSPS) is 12.0. The third-order valence-corrected chi connectivity index (χ3v) is 6.78. The molecule has 2 N–H and O–H groups in total. The second-order valence-electron chi connectivity index (χ2n) is 7.76. The molecule has 0 heterocycles. The summed E-state index contributed by atoms with van der Waals surface area (Å²) >= 11 is 0. The molecule has 1 amide bonds. The van der Waals surface area contributed by atoms with Gasteiger partial charge >= 0.3 is 0 Å². The number of benzene rings is 3. The minimum Gasteiger partial charge on any atom is -0.497 e. The van der Waals surface area contributed by atoms with E-state index >= 15 is 0 Å². The van der Waals surface area contributed by atoms with Crippen LogP contribution >= 0.6 is 0 Å². The van der Waals surface area contributed by atoms with Gasteiger partial charge in [-0.3, -0.25) is 9.52 Å². The predicted octanol–water partition coefficient (Wildman–Crippen LogP) is 4.61. The highest BCUT2D eigenvalue weighted by atomic mass is 32.2. The summed E-state index contributed by atoms with van der Waals surface area (Å²) in [6.45, 7) is 5.39. The molecule has 3 aromatic carbocycles. The van der Waals surface area contributed by atoms with Gasteiger partial charge < -0.3 is 14.8 Å². The van der Waals surface area contributed by atoms with Gasteiger partial charge in [0.1, 0.15) is 11.5 Å². The zero-order valence-corrected chi connectivity index (χ0v) is 20.1. The lowest BCUT2D eigenvalue weighted by atomic mass is 10.1. The number of anilines is 1. The van der Waals surface area contributed by atoms with Gasteiger partial charge in [-0.15, -0.1) is 0 Å². The van der Waals surface area contributed by atoms with E-state index in [0.717, 1.165) is 11.1 Å². The van der Waals surface area contributed by atoms with Gasteiger partial charge in [0.25, 0.3) is 15.9 Å². The lowest BCUT2D eigenvalue weighted by molar-refractivity contribution is 0.0939. The average molecular weight is 469 g/mol. The van der Waals surface area contributed by atoms with Crippen molar-refractivity contribution in [3.05, 3.63) is 82.9 Å². The van der Waals surface area contributed by atoms with E-state index in [0.29, 0.717) is 22.7 Å². The van der Waals surface area contributed by atoms with Crippen molar-refractivity contribution in [2.45, 2.75) is 31.7 Å². The van der Waals surface area contributed by atoms with E-state index < -0.39 is 22.0 Å². The molecule has 0 aromatic heterocycles. The number of amides is 1. The summed E-state index contributed by atoms with van der Waals surface area (Å²) in [5.74, 6) is 0.843. The molecule has 0 aliphatic heterocycles. The van der Waals surface area contributed by atoms with Crippen LogP contribution < -0.4 is 19.5 Å². The minimum atomic E-state index is -3.88. The molecule has 3 rings (SSSR count). The van der Waals surface area contributed by atoms with Crippen LogP contribution in [0.5, 0.6) is 11.5 Å². The van der Waals surface area contributed by atoms with Gasteiger partial charge in [0.05, 0.1) is 25.2 Å². The lowest BCUT2D eigenvalue weighted by Crippen LogP contribution is -2.27. The number of hydrogen-bond acceptors (Lipinski definition) is 5. The van der Waals surface area contributed by atoms with Crippen LogP contribution in [0.3, 0.4) is 0 Å². The Balaban J connectivity index is 1.86. The van der Waals surface area contributed by atoms with E-state index in [9.17, 15) is 13.2 Å². The van der Waals surface area contributed by atoms with Crippen molar-refractivity contribution in [3.63, 3.8) is 0 Å². The first-order valence-corrected chi connectivity index (χ1v) is 11.9. The van der Waals surface area contributed by atoms with E-state index in [-0.39, 0.29) is 10.5 Å². The SMILES string of the molecule is COc1ccc(OC)c([C@@H](C)NC(=O)c2ccc(C)c(S(=O)(=O)Nc3cccc(C)c3)c2)c1. The molecule has 1 atom stereocenters. The molecule has 0 aliphatic carbocycles. The van der Waals surface area contributed by atoms with E-state index in [1.165, 1.54) is 6.07 Å². The summed E-state index contributed by atoms with van der Waals surface area (Å²) in [6, 6.07) is 16.6. The molecule has 0 aliphatic rings. The summed E-state index contributed by atoms with van der Waals surface area (Å²) in [5, 5.41) is 2.90. The summed E-state index contributed by atoms with van der Waals surface area (Å²) in [6.07, 6.45) is 0. The first kappa shape index (κ1) is 24.1. The van der Waals surface area contributed by atoms with Gasteiger partial charge in [0.15, 0.2) is 0 Å². The lowest BCUT2D eigenvalue weighted by Gasteiger charge is -2.19. The highest BCUT2D eigenvalue weighted by Crippen LogP contribution is 2.29. The molecule has 8 heteroatoms. The molecule has 174 valence electrons. The van der Waals surface area contributed by atoms with Gasteiger partial charge in [0, 0.05) is 16.8 Å². The van der Waals surface area contributed by atoms with Crippen molar-refractivity contribution in [3.8, 4) is 11.5 Å². The van der Waals surface area contributed by atoms with E-state index in [1.807, 2.05) is 19.9 Å². The fraction of sp³-hybridized carbons (Fsp3) is 0.240. The molecular weight excluding hydrogens is 440 g/mol. The largest absolute Gasteiger partial charge is 0.497 e. The number of aryl methyl sites for hydroxylation is 2. The van der Waals surface area contributed by atoms with Crippen molar-refractivity contribution >= 4 is 21.6 Å². The van der Waals surface area contributed by atoms with Gasteiger partial charge in [-0.2, -0.15) is 0 Å². The summed E-state index contributed by atoms with van der Waals surface area (Å²) < 4.78 is 39.3. The Kier molecular flexibility index (Phi) is 7.28. The molecule has 0 unspecified atom stereocenters. The maximum absolute atomic E-state index is 13.0. The first-order valence-electron chi connectivity index (χ1n) is 10.4. The van der Waals surface area contributed by atoms with Crippen LogP contribution in [-0.4, -0.2) is 28.5 Å². The maximum Gasteiger partial charge on any atom is 0.262 e. The molecule has 33 heavy (non-hydrogen) atoms. The number of ether oxygens (including phenoxy) is 2. The number of carbonyl (C=O) groups is 1. The van der Waals surface area contributed by atoms with E-state index in [2.05, 4.69) is 10.0 Å². The Labute approximate surface area is 194 Å². The fourth-order valence-corrected chi connectivity index (χ4v) is 4.81. The molecular formula is C25H28N2O5S. The van der Waals surface area contributed by atoms with Crippen molar-refractivity contribution in [1.82, 2.24) is 5.32 Å². The Morgan fingerprint density at radius 3 is 2.36 bits per heavy atom. The van der Waals surface area contributed by atoms with Gasteiger partial charge in [-0.25, -0.2) is 8.42 Å². The first-order chi connectivity index (χ1) is 15.6. The third-order valence-electron chi connectivity index (χ3n) is 5.26. The Hall–Kier alpha value is -3.52. The molecule has 7 nitrogen and oxygen atoms in total. The highest BCUT2D eigenvalue weighted by molar-refractivity contribution is 7.92. The number of methoxy groups -OCH3 is 2. The zero-order chi connectivity index (χ0) is 24.2. The van der Waals surface area contributed by atoms with Crippen LogP contribution in [0.1, 0.15) is 40.0 Å². The van der Waals surface area contributed by atoms with Crippen LogP contribution in [-0.2, 0) is 10.0 Å². The molecule has 0 spiro atoms. The number of rotatable bonds is 8. The Morgan fingerprint density at radius 1 is 0.939 bits per heavy atom. The average Bonchev–Trinajstić information content (AvgIpc) is 2.78. The van der Waals surface area contributed by atoms with Gasteiger partial charge in [-0.1, -0.05) is 18.2 Å². The van der Waals surface area contributed by atoms with E-state index in [4.69, 9.17) is 9.47 Å². The quantitative estimate of drug-likeness (QED) is 0.503. The predicted molar refractivity (Wildman–Crippen MR) is 129 cm³/mol.